The van der Waals surface area contributed by atoms with Gasteiger partial charge in [-0.2, -0.15) is 0 Å². The largest absolute Gasteiger partial charge is 0.493 e. The van der Waals surface area contributed by atoms with Crippen LogP contribution in [0, 0.1) is 0 Å². The predicted molar refractivity (Wildman–Crippen MR) is 94.9 cm³/mol. The van der Waals surface area contributed by atoms with Gasteiger partial charge in [0.05, 0.1) is 20.8 Å². The molecule has 2 rings (SSSR count). The molecule has 0 heterocycles. The Bertz CT molecular complexity index is 629. The van der Waals surface area contributed by atoms with Crippen molar-refractivity contribution in [3.63, 3.8) is 0 Å². The molecule has 0 radical (unpaired) electrons. The lowest BCUT2D eigenvalue weighted by Gasteiger charge is -2.12. The normalized spacial score (nSPS) is 10.6. The van der Waals surface area contributed by atoms with Crippen LogP contribution < -0.4 is 14.8 Å². The molecule has 0 aliphatic carbocycles. The molecule has 1 N–H and O–H groups in total. The highest BCUT2D eigenvalue weighted by Crippen LogP contribution is 2.33. The van der Waals surface area contributed by atoms with Crippen LogP contribution in [0.1, 0.15) is 16.7 Å². The minimum Gasteiger partial charge on any atom is -0.493 e. The Morgan fingerprint density at radius 3 is 2.09 bits per heavy atom. The van der Waals surface area contributed by atoms with Crippen LogP contribution in [0.3, 0.4) is 0 Å². The second-order valence-electron chi connectivity index (χ2n) is 5.15. The van der Waals surface area contributed by atoms with Crippen LogP contribution >= 0.6 is 15.9 Å². The fraction of sp³-hybridized carbons (Fsp3) is 0.333. The summed E-state index contributed by atoms with van der Waals surface area (Å²) in [5.74, 6) is 1.45. The van der Waals surface area contributed by atoms with Gasteiger partial charge in [0.1, 0.15) is 0 Å². The predicted octanol–water partition coefficient (Wildman–Crippen LogP) is 3.90. The minimum absolute atomic E-state index is 0.645. The van der Waals surface area contributed by atoms with E-state index in [0.717, 1.165) is 34.6 Å². The van der Waals surface area contributed by atoms with Gasteiger partial charge in [0.15, 0.2) is 11.5 Å². The first kappa shape index (κ1) is 17.8. The third kappa shape index (κ3) is 4.96. The van der Waals surface area contributed by atoms with E-state index in [4.69, 9.17) is 14.2 Å². The molecule has 124 valence electrons. The second-order valence-corrected chi connectivity index (χ2v) is 6.01. The van der Waals surface area contributed by atoms with Crippen LogP contribution in [0.25, 0.3) is 0 Å². The van der Waals surface area contributed by atoms with Crippen molar-refractivity contribution >= 4 is 15.9 Å². The summed E-state index contributed by atoms with van der Waals surface area (Å²) in [5.41, 5.74) is 3.54. The van der Waals surface area contributed by atoms with Crippen molar-refractivity contribution in [3.05, 3.63) is 57.6 Å². The van der Waals surface area contributed by atoms with E-state index in [1.165, 1.54) is 11.1 Å². The fourth-order valence-electron chi connectivity index (χ4n) is 2.29. The Morgan fingerprint density at radius 1 is 0.870 bits per heavy atom. The van der Waals surface area contributed by atoms with E-state index in [2.05, 4.69) is 45.5 Å². The molecular weight excluding hydrogens is 358 g/mol. The summed E-state index contributed by atoms with van der Waals surface area (Å²) >= 11 is 3.58. The molecule has 4 nitrogen and oxygen atoms in total. The van der Waals surface area contributed by atoms with Gasteiger partial charge in [0.25, 0.3) is 0 Å². The van der Waals surface area contributed by atoms with E-state index >= 15 is 0 Å². The number of methoxy groups -OCH3 is 3. The van der Waals surface area contributed by atoms with Crippen molar-refractivity contribution in [3.8, 4) is 11.5 Å². The molecule has 23 heavy (non-hydrogen) atoms. The highest BCUT2D eigenvalue weighted by molar-refractivity contribution is 9.10. The van der Waals surface area contributed by atoms with Gasteiger partial charge in [-0.15, -0.1) is 0 Å². The summed E-state index contributed by atoms with van der Waals surface area (Å²) in [6.07, 6.45) is 0. The Kier molecular flexibility index (Phi) is 6.89. The molecule has 0 saturated carbocycles. The van der Waals surface area contributed by atoms with Crippen LogP contribution in [0.2, 0.25) is 0 Å². The Balaban J connectivity index is 1.95. The van der Waals surface area contributed by atoms with Crippen LogP contribution in [0.4, 0.5) is 0 Å². The van der Waals surface area contributed by atoms with Crippen molar-refractivity contribution in [2.75, 3.05) is 21.3 Å². The molecule has 0 fully saturated rings. The van der Waals surface area contributed by atoms with E-state index in [0.29, 0.717) is 6.61 Å². The second kappa shape index (κ2) is 8.91. The maximum absolute atomic E-state index is 5.35. The van der Waals surface area contributed by atoms with Gasteiger partial charge in [-0.1, -0.05) is 40.2 Å². The Hall–Kier alpha value is -1.56. The maximum Gasteiger partial charge on any atom is 0.161 e. The molecule has 0 spiro atoms. The summed E-state index contributed by atoms with van der Waals surface area (Å²) in [4.78, 5) is 0. The molecule has 2 aromatic rings. The number of rotatable bonds is 8. The number of ether oxygens (including phenoxy) is 3. The molecule has 0 saturated heterocycles. The van der Waals surface area contributed by atoms with Crippen molar-refractivity contribution in [1.82, 2.24) is 5.32 Å². The standard InChI is InChI=1S/C18H22BrNO3/c1-21-12-14-6-4-13(5-7-14)10-20-11-15-8-17(22-2)18(23-3)9-16(15)19/h4-9,20H,10-12H2,1-3H3. The van der Waals surface area contributed by atoms with E-state index < -0.39 is 0 Å². The number of halogens is 1. The molecule has 0 unspecified atom stereocenters. The zero-order valence-electron chi connectivity index (χ0n) is 13.7. The molecule has 0 atom stereocenters. The fourth-order valence-corrected chi connectivity index (χ4v) is 2.76. The zero-order chi connectivity index (χ0) is 16.7. The summed E-state index contributed by atoms with van der Waals surface area (Å²) in [6.45, 7) is 2.18. The van der Waals surface area contributed by atoms with Crippen molar-refractivity contribution in [2.24, 2.45) is 0 Å². The lowest BCUT2D eigenvalue weighted by molar-refractivity contribution is 0.185. The lowest BCUT2D eigenvalue weighted by Crippen LogP contribution is -2.13. The molecule has 0 aromatic heterocycles. The maximum atomic E-state index is 5.35. The molecule has 0 bridgehead atoms. The first-order valence-corrected chi connectivity index (χ1v) is 8.15. The minimum atomic E-state index is 0.645. The number of hydrogen-bond acceptors (Lipinski definition) is 4. The molecule has 0 aliphatic heterocycles. The number of nitrogens with one attached hydrogen (secondary N) is 1. The highest BCUT2D eigenvalue weighted by Gasteiger charge is 2.09. The van der Waals surface area contributed by atoms with Crippen LogP contribution in [-0.4, -0.2) is 21.3 Å². The van der Waals surface area contributed by atoms with Gasteiger partial charge < -0.3 is 19.5 Å². The van der Waals surface area contributed by atoms with Crippen LogP contribution in [-0.2, 0) is 24.4 Å². The van der Waals surface area contributed by atoms with E-state index in [1.54, 1.807) is 21.3 Å². The Morgan fingerprint density at radius 2 is 1.48 bits per heavy atom. The SMILES string of the molecule is COCc1ccc(CNCc2cc(OC)c(OC)cc2Br)cc1. The van der Waals surface area contributed by atoms with Gasteiger partial charge in [0.2, 0.25) is 0 Å². The van der Waals surface area contributed by atoms with E-state index in [9.17, 15) is 0 Å². The quantitative estimate of drug-likeness (QED) is 0.754. The molecule has 5 heteroatoms. The average Bonchev–Trinajstić information content (AvgIpc) is 2.57. The number of hydrogen-bond donors (Lipinski definition) is 1. The van der Waals surface area contributed by atoms with Gasteiger partial charge in [0, 0.05) is 24.7 Å². The summed E-state index contributed by atoms with van der Waals surface area (Å²) in [7, 11) is 4.98. The van der Waals surface area contributed by atoms with E-state index in [1.807, 2.05) is 12.1 Å². The average molecular weight is 380 g/mol. The Labute approximate surface area is 145 Å². The molecule has 0 amide bonds. The summed E-state index contributed by atoms with van der Waals surface area (Å²) in [5, 5.41) is 3.44. The zero-order valence-corrected chi connectivity index (χ0v) is 15.3. The first-order chi connectivity index (χ1) is 11.2. The smallest absolute Gasteiger partial charge is 0.161 e. The molecule has 0 aliphatic rings. The highest BCUT2D eigenvalue weighted by atomic mass is 79.9. The lowest BCUT2D eigenvalue weighted by atomic mass is 10.1. The van der Waals surface area contributed by atoms with Gasteiger partial charge >= 0.3 is 0 Å². The monoisotopic (exact) mass is 379 g/mol. The van der Waals surface area contributed by atoms with Gasteiger partial charge in [-0.3, -0.25) is 0 Å². The van der Waals surface area contributed by atoms with Crippen LogP contribution in [0.15, 0.2) is 40.9 Å². The van der Waals surface area contributed by atoms with Crippen molar-refractivity contribution < 1.29 is 14.2 Å². The molecular formula is C18H22BrNO3. The summed E-state index contributed by atoms with van der Waals surface area (Å²) in [6, 6.07) is 12.3. The third-order valence-corrected chi connectivity index (χ3v) is 4.27. The third-order valence-electron chi connectivity index (χ3n) is 3.53. The van der Waals surface area contributed by atoms with Crippen molar-refractivity contribution in [2.45, 2.75) is 19.7 Å². The number of benzene rings is 2. The van der Waals surface area contributed by atoms with Crippen molar-refractivity contribution in [1.29, 1.82) is 0 Å². The van der Waals surface area contributed by atoms with E-state index in [-0.39, 0.29) is 0 Å². The summed E-state index contributed by atoms with van der Waals surface area (Å²) < 4.78 is 16.8. The first-order valence-electron chi connectivity index (χ1n) is 7.35. The molecule has 2 aromatic carbocycles. The van der Waals surface area contributed by atoms with Crippen LogP contribution in [0.5, 0.6) is 11.5 Å². The van der Waals surface area contributed by atoms with Gasteiger partial charge in [-0.05, 0) is 28.8 Å². The van der Waals surface area contributed by atoms with Gasteiger partial charge in [-0.25, -0.2) is 0 Å². The topological polar surface area (TPSA) is 39.7 Å².